The number of carboxylic acids is 1. The fourth-order valence-electron chi connectivity index (χ4n) is 3.24. The van der Waals surface area contributed by atoms with Crippen LogP contribution in [0.25, 0.3) is 0 Å². The van der Waals surface area contributed by atoms with E-state index in [0.29, 0.717) is 17.0 Å². The summed E-state index contributed by atoms with van der Waals surface area (Å²) in [5.74, 6) is -2.30. The largest absolute Gasteiger partial charge is 0.481 e. The van der Waals surface area contributed by atoms with Gasteiger partial charge in [-0.1, -0.05) is 29.8 Å². The number of halogens is 2. The van der Waals surface area contributed by atoms with Crippen LogP contribution in [0.3, 0.4) is 0 Å². The van der Waals surface area contributed by atoms with Crippen molar-refractivity contribution in [1.29, 1.82) is 0 Å². The Balaban J connectivity index is 1.93. The average Bonchev–Trinajstić information content (AvgIpc) is 3.10. The number of hydrogen-bond donors (Lipinski definition) is 2. The lowest BCUT2D eigenvalue weighted by molar-refractivity contribution is -0.141. The number of hydrogen-bond acceptors (Lipinski definition) is 5. The molecule has 2 N–H and O–H groups in total. The molecule has 0 saturated heterocycles. The minimum Gasteiger partial charge on any atom is -0.481 e. The van der Waals surface area contributed by atoms with E-state index in [2.05, 4.69) is 9.82 Å². The maximum Gasteiger partial charge on any atom is 0.303 e. The van der Waals surface area contributed by atoms with Gasteiger partial charge in [0.2, 0.25) is 15.9 Å². The summed E-state index contributed by atoms with van der Waals surface area (Å²) < 4.78 is 39.6. The van der Waals surface area contributed by atoms with E-state index < -0.39 is 33.8 Å². The van der Waals surface area contributed by atoms with Gasteiger partial charge in [-0.2, -0.15) is 5.10 Å². The Kier molecular flexibility index (Phi) is 6.61. The lowest BCUT2D eigenvalue weighted by atomic mass is 9.97. The molecule has 1 amide bonds. The summed E-state index contributed by atoms with van der Waals surface area (Å²) in [7, 11) is -3.43. The molecule has 0 unspecified atom stereocenters. The first-order chi connectivity index (χ1) is 14.5. The van der Waals surface area contributed by atoms with Gasteiger partial charge in [0.25, 0.3) is 0 Å². The first kappa shape index (κ1) is 22.7. The first-order valence-electron chi connectivity index (χ1n) is 9.18. The number of carbonyl (C=O) groups is 2. The fraction of sp³-hybridized carbons (Fsp3) is 0.250. The molecule has 1 atom stereocenters. The summed E-state index contributed by atoms with van der Waals surface area (Å²) in [5, 5.41) is 14.4. The highest BCUT2D eigenvalue weighted by atomic mass is 35.5. The molecule has 0 spiro atoms. The topological polar surface area (TPSA) is 116 Å². The molecule has 2 aromatic carbocycles. The van der Waals surface area contributed by atoms with E-state index in [-0.39, 0.29) is 29.8 Å². The van der Waals surface area contributed by atoms with Crippen LogP contribution in [0.2, 0.25) is 5.02 Å². The Morgan fingerprint density at radius 1 is 1.23 bits per heavy atom. The highest BCUT2D eigenvalue weighted by Crippen LogP contribution is 2.38. The fourth-order valence-corrected chi connectivity index (χ4v) is 4.10. The van der Waals surface area contributed by atoms with Gasteiger partial charge in [0.1, 0.15) is 5.82 Å². The molecule has 31 heavy (non-hydrogen) atoms. The van der Waals surface area contributed by atoms with E-state index in [1.807, 2.05) is 0 Å². The van der Waals surface area contributed by atoms with Gasteiger partial charge in [-0.05, 0) is 29.8 Å². The summed E-state index contributed by atoms with van der Waals surface area (Å²) >= 11 is 6.19. The minimum atomic E-state index is -3.43. The number of anilines is 1. The number of hydrazone groups is 1. The normalized spacial score (nSPS) is 16.2. The molecule has 0 fully saturated rings. The van der Waals surface area contributed by atoms with Crippen molar-refractivity contribution in [1.82, 2.24) is 5.01 Å². The van der Waals surface area contributed by atoms with Crippen LogP contribution in [0.4, 0.5) is 10.1 Å². The number of carboxylic acid groups (broad SMARTS) is 1. The van der Waals surface area contributed by atoms with E-state index >= 15 is 0 Å². The third kappa shape index (κ3) is 5.59. The molecule has 11 heteroatoms. The van der Waals surface area contributed by atoms with Gasteiger partial charge in [-0.15, -0.1) is 0 Å². The molecular formula is C20H19ClFN3O5S. The number of sulfonamides is 1. The van der Waals surface area contributed by atoms with Crippen LogP contribution in [0.5, 0.6) is 0 Å². The maximum absolute atomic E-state index is 14.6. The molecule has 0 radical (unpaired) electrons. The van der Waals surface area contributed by atoms with Crippen LogP contribution < -0.4 is 4.72 Å². The summed E-state index contributed by atoms with van der Waals surface area (Å²) in [6.45, 7) is 0. The average molecular weight is 468 g/mol. The third-order valence-electron chi connectivity index (χ3n) is 4.57. The standard InChI is InChI=1S/C20H19ClFN3O5S/c1-31(29,30)24-13-7-5-12(6-8-13)16-11-17(20-14(21)3-2-4-15(20)22)25(23-16)18(26)9-10-19(27)28/h2-8,17,24H,9-11H2,1H3,(H,27,28)/t17-/m0/s1. The van der Waals surface area contributed by atoms with E-state index in [1.165, 1.54) is 18.2 Å². The molecule has 8 nitrogen and oxygen atoms in total. The summed E-state index contributed by atoms with van der Waals surface area (Å²) in [6, 6.07) is 9.67. The maximum atomic E-state index is 14.6. The van der Waals surface area contributed by atoms with E-state index in [1.54, 1.807) is 24.3 Å². The molecule has 0 saturated carbocycles. The van der Waals surface area contributed by atoms with Crippen molar-refractivity contribution in [3.05, 3.63) is 64.4 Å². The number of rotatable bonds is 7. The van der Waals surface area contributed by atoms with Crippen molar-refractivity contribution in [2.45, 2.75) is 25.3 Å². The number of nitrogens with one attached hydrogen (secondary N) is 1. The first-order valence-corrected chi connectivity index (χ1v) is 11.5. The van der Waals surface area contributed by atoms with Gasteiger partial charge in [-0.25, -0.2) is 17.8 Å². The molecule has 3 rings (SSSR count). The van der Waals surface area contributed by atoms with Crippen LogP contribution in [0.15, 0.2) is 47.6 Å². The monoisotopic (exact) mass is 467 g/mol. The Labute approximate surface area is 183 Å². The smallest absolute Gasteiger partial charge is 0.303 e. The van der Waals surface area contributed by atoms with Crippen LogP contribution in [0, 0.1) is 5.82 Å². The zero-order chi connectivity index (χ0) is 22.8. The second-order valence-electron chi connectivity index (χ2n) is 6.99. The van der Waals surface area contributed by atoms with Crippen molar-refractivity contribution in [2.24, 2.45) is 5.10 Å². The van der Waals surface area contributed by atoms with Crippen molar-refractivity contribution in [3.8, 4) is 0 Å². The lowest BCUT2D eigenvalue weighted by Crippen LogP contribution is -2.28. The van der Waals surface area contributed by atoms with Crippen molar-refractivity contribution in [2.75, 3.05) is 11.0 Å². The molecule has 2 aromatic rings. The predicted octanol–water partition coefficient (Wildman–Crippen LogP) is 3.39. The lowest BCUT2D eigenvalue weighted by Gasteiger charge is -2.23. The van der Waals surface area contributed by atoms with Crippen molar-refractivity contribution < 1.29 is 27.5 Å². The van der Waals surface area contributed by atoms with Crippen molar-refractivity contribution >= 4 is 44.9 Å². The van der Waals surface area contributed by atoms with Gasteiger partial charge < -0.3 is 5.11 Å². The van der Waals surface area contributed by atoms with Crippen LogP contribution >= 0.6 is 11.6 Å². The quantitative estimate of drug-likeness (QED) is 0.647. The van der Waals surface area contributed by atoms with Gasteiger partial charge in [-0.3, -0.25) is 14.3 Å². The summed E-state index contributed by atoms with van der Waals surface area (Å²) in [6.07, 6.45) is 0.499. The number of amides is 1. The minimum absolute atomic E-state index is 0.0990. The van der Waals surface area contributed by atoms with E-state index in [9.17, 15) is 22.4 Å². The molecule has 164 valence electrons. The second kappa shape index (κ2) is 9.03. The van der Waals surface area contributed by atoms with Gasteiger partial charge >= 0.3 is 5.97 Å². The Bertz CT molecular complexity index is 1130. The molecule has 0 aromatic heterocycles. The SMILES string of the molecule is CS(=O)(=O)Nc1ccc(C2=NN(C(=O)CCC(=O)O)[C@H](c3c(F)cccc3Cl)C2)cc1. The number of nitrogens with zero attached hydrogens (tertiary/aromatic N) is 2. The van der Waals surface area contributed by atoms with E-state index in [4.69, 9.17) is 16.7 Å². The van der Waals surface area contributed by atoms with Crippen LogP contribution in [0.1, 0.15) is 36.4 Å². The van der Waals surface area contributed by atoms with Gasteiger partial charge in [0.05, 0.1) is 24.4 Å². The number of aliphatic carboxylic acids is 1. The zero-order valence-corrected chi connectivity index (χ0v) is 18.0. The number of carbonyl (C=O) groups excluding carboxylic acids is 1. The van der Waals surface area contributed by atoms with Crippen LogP contribution in [-0.4, -0.2) is 42.4 Å². The summed E-state index contributed by atoms with van der Waals surface area (Å²) in [4.78, 5) is 23.5. The Morgan fingerprint density at radius 2 is 1.90 bits per heavy atom. The van der Waals surface area contributed by atoms with Gasteiger partial charge in [0, 0.05) is 29.1 Å². The molecular weight excluding hydrogens is 449 g/mol. The third-order valence-corrected chi connectivity index (χ3v) is 5.51. The summed E-state index contributed by atoms with van der Waals surface area (Å²) in [5.41, 5.74) is 1.51. The molecule has 1 aliphatic heterocycles. The van der Waals surface area contributed by atoms with Crippen molar-refractivity contribution in [3.63, 3.8) is 0 Å². The molecule has 1 aliphatic rings. The molecule has 1 heterocycles. The Hall–Kier alpha value is -2.98. The highest BCUT2D eigenvalue weighted by molar-refractivity contribution is 7.92. The van der Waals surface area contributed by atoms with E-state index in [0.717, 1.165) is 11.3 Å². The zero-order valence-electron chi connectivity index (χ0n) is 16.4. The molecule has 0 aliphatic carbocycles. The molecule has 0 bridgehead atoms. The van der Waals surface area contributed by atoms with Crippen LogP contribution in [-0.2, 0) is 19.6 Å². The predicted molar refractivity (Wildman–Crippen MR) is 114 cm³/mol. The Morgan fingerprint density at radius 3 is 2.48 bits per heavy atom. The highest BCUT2D eigenvalue weighted by Gasteiger charge is 2.35. The van der Waals surface area contributed by atoms with Gasteiger partial charge in [0.15, 0.2) is 0 Å². The number of benzene rings is 2. The second-order valence-corrected chi connectivity index (χ2v) is 9.14.